The molecule has 14 heavy (non-hydrogen) atoms. The highest BCUT2D eigenvalue weighted by Gasteiger charge is 2.29. The smallest absolute Gasteiger partial charge is 0.194 e. The van der Waals surface area contributed by atoms with Crippen molar-refractivity contribution in [1.82, 2.24) is 5.32 Å². The molecule has 5 nitrogen and oxygen atoms in total. The maximum absolute atomic E-state index is 6.06. The molecule has 2 aliphatic heterocycles. The molecule has 1 fully saturated rings. The van der Waals surface area contributed by atoms with Gasteiger partial charge in [0.2, 0.25) is 0 Å². The molecule has 2 rings (SSSR count). The minimum absolute atomic E-state index is 0.222. The molecule has 0 saturated carbocycles. The third kappa shape index (κ3) is 2.05. The third-order valence-corrected chi connectivity index (χ3v) is 2.51. The molecule has 2 atom stereocenters. The number of ether oxygens (including phenoxy) is 1. The first kappa shape index (κ1) is 9.48. The highest BCUT2D eigenvalue weighted by Crippen LogP contribution is 2.23. The van der Waals surface area contributed by atoms with Gasteiger partial charge in [0.05, 0.1) is 6.10 Å². The van der Waals surface area contributed by atoms with E-state index in [1.807, 2.05) is 6.08 Å². The first-order valence-electron chi connectivity index (χ1n) is 4.88. The Hall–Kier alpha value is -1.07. The van der Waals surface area contributed by atoms with Crippen LogP contribution in [0.3, 0.4) is 0 Å². The van der Waals surface area contributed by atoms with Crippen LogP contribution in [0.5, 0.6) is 0 Å². The predicted molar refractivity (Wildman–Crippen MR) is 54.4 cm³/mol. The van der Waals surface area contributed by atoms with Gasteiger partial charge < -0.3 is 21.5 Å². The van der Waals surface area contributed by atoms with Gasteiger partial charge in [0.15, 0.2) is 5.96 Å². The van der Waals surface area contributed by atoms with Crippen LogP contribution in [0.15, 0.2) is 17.3 Å². The quantitative estimate of drug-likeness (QED) is 0.563. The summed E-state index contributed by atoms with van der Waals surface area (Å²) in [5.74, 6) is 0.369. The van der Waals surface area contributed by atoms with Crippen molar-refractivity contribution in [2.24, 2.45) is 16.5 Å². The van der Waals surface area contributed by atoms with Crippen LogP contribution >= 0.6 is 0 Å². The Morgan fingerprint density at radius 1 is 1.71 bits per heavy atom. The van der Waals surface area contributed by atoms with Crippen LogP contribution in [0, 0.1) is 0 Å². The number of nitrogens with one attached hydrogen (secondary N) is 1. The average molecular weight is 196 g/mol. The van der Waals surface area contributed by atoms with Gasteiger partial charge >= 0.3 is 0 Å². The van der Waals surface area contributed by atoms with Gasteiger partial charge in [-0.15, -0.1) is 0 Å². The van der Waals surface area contributed by atoms with Gasteiger partial charge in [0.25, 0.3) is 0 Å². The topological polar surface area (TPSA) is 85.7 Å². The summed E-state index contributed by atoms with van der Waals surface area (Å²) in [5.41, 5.74) is 10.9. The fourth-order valence-corrected chi connectivity index (χ4v) is 1.85. The lowest BCUT2D eigenvalue weighted by Gasteiger charge is -2.27. The van der Waals surface area contributed by atoms with Crippen molar-refractivity contribution in [3.63, 3.8) is 0 Å². The number of aliphatic imine (C=N–C) groups is 1. The summed E-state index contributed by atoms with van der Waals surface area (Å²) in [6.07, 6.45) is 6.66. The number of hydrogen-bond acceptors (Lipinski definition) is 5. The second kappa shape index (κ2) is 3.59. The van der Waals surface area contributed by atoms with Crippen LogP contribution in [-0.4, -0.2) is 24.3 Å². The fourth-order valence-electron chi connectivity index (χ4n) is 1.85. The van der Waals surface area contributed by atoms with E-state index in [1.54, 1.807) is 6.20 Å². The van der Waals surface area contributed by atoms with Gasteiger partial charge in [-0.1, -0.05) is 0 Å². The van der Waals surface area contributed by atoms with Crippen molar-refractivity contribution < 1.29 is 4.74 Å². The normalized spacial score (nSPS) is 36.6. The van der Waals surface area contributed by atoms with Crippen LogP contribution < -0.4 is 16.8 Å². The first-order chi connectivity index (χ1) is 6.68. The molecule has 0 aliphatic carbocycles. The first-order valence-corrected chi connectivity index (χ1v) is 4.88. The molecule has 0 spiro atoms. The monoisotopic (exact) mass is 196 g/mol. The minimum atomic E-state index is -0.690. The second-order valence-corrected chi connectivity index (χ2v) is 3.81. The van der Waals surface area contributed by atoms with E-state index in [4.69, 9.17) is 16.2 Å². The van der Waals surface area contributed by atoms with Crippen molar-refractivity contribution in [2.75, 3.05) is 6.61 Å². The molecule has 78 valence electrons. The van der Waals surface area contributed by atoms with E-state index in [2.05, 4.69) is 10.3 Å². The number of hydrogen-bond donors (Lipinski definition) is 3. The second-order valence-electron chi connectivity index (χ2n) is 3.81. The number of rotatable bonds is 2. The summed E-state index contributed by atoms with van der Waals surface area (Å²) < 4.78 is 5.51. The van der Waals surface area contributed by atoms with E-state index in [0.717, 1.165) is 19.4 Å². The lowest BCUT2D eigenvalue weighted by Crippen LogP contribution is -2.46. The van der Waals surface area contributed by atoms with Gasteiger partial charge in [-0.05, 0) is 18.9 Å². The van der Waals surface area contributed by atoms with Crippen molar-refractivity contribution in [1.29, 1.82) is 0 Å². The Balaban J connectivity index is 2.00. The predicted octanol–water partition coefficient (Wildman–Crippen LogP) is -0.358. The maximum atomic E-state index is 6.06. The summed E-state index contributed by atoms with van der Waals surface area (Å²) in [5, 5.41) is 2.79. The van der Waals surface area contributed by atoms with Crippen LogP contribution in [0.1, 0.15) is 19.3 Å². The van der Waals surface area contributed by atoms with Gasteiger partial charge in [-0.3, -0.25) is 0 Å². The standard InChI is InChI=1S/C9H16N4O/c10-8-12-4-3-9(11,13-8)6-7-2-1-5-14-7/h3-4,7H,1-2,5-6,11H2,(H3,10,12,13). The Labute approximate surface area is 83.2 Å². The van der Waals surface area contributed by atoms with E-state index >= 15 is 0 Å². The summed E-state index contributed by atoms with van der Waals surface area (Å²) in [4.78, 5) is 4.17. The molecule has 5 N–H and O–H groups in total. The zero-order valence-corrected chi connectivity index (χ0v) is 8.07. The van der Waals surface area contributed by atoms with Crippen molar-refractivity contribution in [3.8, 4) is 0 Å². The van der Waals surface area contributed by atoms with E-state index in [0.29, 0.717) is 12.4 Å². The van der Waals surface area contributed by atoms with Gasteiger partial charge in [0, 0.05) is 19.2 Å². The fraction of sp³-hybridized carbons (Fsp3) is 0.667. The Kier molecular flexibility index (Phi) is 2.43. The molecule has 2 heterocycles. The molecule has 2 aliphatic rings. The van der Waals surface area contributed by atoms with Gasteiger partial charge in [-0.2, -0.15) is 0 Å². The highest BCUT2D eigenvalue weighted by atomic mass is 16.5. The molecule has 1 saturated heterocycles. The summed E-state index contributed by atoms with van der Waals surface area (Å²) in [6.45, 7) is 0.835. The Bertz CT molecular complexity index is 270. The van der Waals surface area contributed by atoms with Crippen LogP contribution in [0.4, 0.5) is 0 Å². The zero-order chi connectivity index (χ0) is 10.0. The SMILES string of the molecule is NC1=NC(N)(CC2CCCO2)C=CN1. The number of nitrogens with zero attached hydrogens (tertiary/aromatic N) is 1. The molecule has 5 heteroatoms. The molecular formula is C9H16N4O. The van der Waals surface area contributed by atoms with Crippen molar-refractivity contribution >= 4 is 5.96 Å². The van der Waals surface area contributed by atoms with Crippen molar-refractivity contribution in [2.45, 2.75) is 31.0 Å². The van der Waals surface area contributed by atoms with E-state index < -0.39 is 5.66 Å². The molecule has 0 amide bonds. The maximum Gasteiger partial charge on any atom is 0.194 e. The van der Waals surface area contributed by atoms with Crippen LogP contribution in [-0.2, 0) is 4.74 Å². The third-order valence-electron chi connectivity index (χ3n) is 2.51. The minimum Gasteiger partial charge on any atom is -0.378 e. The molecule has 0 radical (unpaired) electrons. The molecule has 0 aromatic heterocycles. The van der Waals surface area contributed by atoms with E-state index in [9.17, 15) is 0 Å². The summed E-state index contributed by atoms with van der Waals surface area (Å²) in [7, 11) is 0. The van der Waals surface area contributed by atoms with Crippen LogP contribution in [0.2, 0.25) is 0 Å². The zero-order valence-electron chi connectivity index (χ0n) is 8.07. The highest BCUT2D eigenvalue weighted by molar-refractivity contribution is 5.80. The molecular weight excluding hydrogens is 180 g/mol. The molecule has 0 bridgehead atoms. The largest absolute Gasteiger partial charge is 0.378 e. The van der Waals surface area contributed by atoms with Gasteiger partial charge in [0.1, 0.15) is 5.66 Å². The Morgan fingerprint density at radius 3 is 3.21 bits per heavy atom. The summed E-state index contributed by atoms with van der Waals surface area (Å²) in [6, 6.07) is 0. The Morgan fingerprint density at radius 2 is 2.57 bits per heavy atom. The molecule has 0 aromatic rings. The number of guanidine groups is 1. The molecule has 2 unspecified atom stereocenters. The van der Waals surface area contributed by atoms with E-state index in [-0.39, 0.29) is 6.10 Å². The van der Waals surface area contributed by atoms with Crippen molar-refractivity contribution in [3.05, 3.63) is 12.3 Å². The van der Waals surface area contributed by atoms with Gasteiger partial charge in [-0.25, -0.2) is 4.99 Å². The lowest BCUT2D eigenvalue weighted by molar-refractivity contribution is 0.0909. The lowest BCUT2D eigenvalue weighted by atomic mass is 10.0. The number of nitrogens with two attached hydrogens (primary N) is 2. The summed E-state index contributed by atoms with van der Waals surface area (Å²) >= 11 is 0. The van der Waals surface area contributed by atoms with Crippen LogP contribution in [0.25, 0.3) is 0 Å². The average Bonchev–Trinajstić information content (AvgIpc) is 2.55. The molecule has 0 aromatic carbocycles. The van der Waals surface area contributed by atoms with E-state index in [1.165, 1.54) is 0 Å².